The van der Waals surface area contributed by atoms with Gasteiger partial charge in [0.05, 0.1) is 6.54 Å². The van der Waals surface area contributed by atoms with E-state index >= 15 is 0 Å². The van der Waals surface area contributed by atoms with Crippen molar-refractivity contribution in [2.45, 2.75) is 6.92 Å². The Morgan fingerprint density at radius 2 is 1.75 bits per heavy atom. The maximum absolute atomic E-state index is 11.2. The summed E-state index contributed by atoms with van der Waals surface area (Å²) in [4.78, 5) is 36.3. The molecule has 1 rings (SSSR count). The molecular weight excluding hydrogens is 212 g/mol. The van der Waals surface area contributed by atoms with Gasteiger partial charge in [0.2, 0.25) is 11.8 Å². The number of primary amides is 1. The maximum atomic E-state index is 11.2. The molecule has 0 spiro atoms. The largest absolute Gasteiger partial charge is 0.351 e. The highest BCUT2D eigenvalue weighted by Gasteiger charge is 2.20. The van der Waals surface area contributed by atoms with Crippen LogP contribution in [-0.2, 0) is 9.59 Å². The second-order valence-electron chi connectivity index (χ2n) is 3.69. The van der Waals surface area contributed by atoms with Gasteiger partial charge in [0.25, 0.3) is 0 Å². The van der Waals surface area contributed by atoms with Crippen LogP contribution in [0.5, 0.6) is 0 Å². The van der Waals surface area contributed by atoms with Gasteiger partial charge in [-0.2, -0.15) is 0 Å². The highest BCUT2D eigenvalue weighted by molar-refractivity contribution is 5.94. The third-order valence-electron chi connectivity index (χ3n) is 2.45. The average Bonchev–Trinajstić information content (AvgIpc) is 2.16. The van der Waals surface area contributed by atoms with E-state index in [0.29, 0.717) is 26.2 Å². The van der Waals surface area contributed by atoms with Gasteiger partial charge in [-0.05, 0) is 0 Å². The summed E-state index contributed by atoms with van der Waals surface area (Å²) < 4.78 is 0. The Kier molecular flexibility index (Phi) is 4.24. The summed E-state index contributed by atoms with van der Waals surface area (Å²) in [6, 6.07) is -0.840. The zero-order valence-electron chi connectivity index (χ0n) is 9.23. The van der Waals surface area contributed by atoms with E-state index in [2.05, 4.69) is 0 Å². The number of carbonyl (C=O) groups is 3. The molecule has 0 aliphatic carbocycles. The maximum Gasteiger partial charge on any atom is 0.318 e. The molecule has 1 fully saturated rings. The number of nitrogens with one attached hydrogen (secondary N) is 1. The summed E-state index contributed by atoms with van der Waals surface area (Å²) in [5.41, 5.74) is 4.82. The number of nitrogens with two attached hydrogens (primary N) is 1. The lowest BCUT2D eigenvalue weighted by Crippen LogP contribution is -2.51. The van der Waals surface area contributed by atoms with E-state index in [4.69, 9.17) is 5.73 Å². The molecule has 90 valence electrons. The molecule has 7 heteroatoms. The smallest absolute Gasteiger partial charge is 0.318 e. The number of carbonyl (C=O) groups excluding carboxylic acids is 3. The minimum Gasteiger partial charge on any atom is -0.351 e. The normalized spacial score (nSPS) is 16.9. The molecule has 4 amide bonds. The fourth-order valence-corrected chi connectivity index (χ4v) is 1.60. The number of hydrogen-bond acceptors (Lipinski definition) is 4. The van der Waals surface area contributed by atoms with Gasteiger partial charge < -0.3 is 10.6 Å². The Morgan fingerprint density at radius 3 is 2.19 bits per heavy atom. The Bertz CT molecular complexity index is 297. The lowest BCUT2D eigenvalue weighted by atomic mass is 10.3. The predicted octanol–water partition coefficient (Wildman–Crippen LogP) is -1.65. The molecule has 0 aromatic heterocycles. The van der Waals surface area contributed by atoms with E-state index in [1.165, 1.54) is 6.92 Å². The Hall–Kier alpha value is -1.63. The number of hydrogen-bond donors (Lipinski definition) is 2. The van der Waals surface area contributed by atoms with Crippen LogP contribution in [0.15, 0.2) is 0 Å². The molecule has 7 nitrogen and oxygen atoms in total. The van der Waals surface area contributed by atoms with E-state index in [1.807, 2.05) is 10.2 Å². The van der Waals surface area contributed by atoms with E-state index in [1.54, 1.807) is 4.90 Å². The number of urea groups is 1. The van der Waals surface area contributed by atoms with Crippen LogP contribution < -0.4 is 11.1 Å². The first-order chi connectivity index (χ1) is 7.49. The van der Waals surface area contributed by atoms with Gasteiger partial charge in [-0.1, -0.05) is 0 Å². The molecule has 3 N–H and O–H groups in total. The average molecular weight is 228 g/mol. The fourth-order valence-electron chi connectivity index (χ4n) is 1.60. The quantitative estimate of drug-likeness (QED) is 0.591. The molecule has 0 unspecified atom stereocenters. The summed E-state index contributed by atoms with van der Waals surface area (Å²) in [6.45, 7) is 4.14. The Labute approximate surface area is 93.5 Å². The van der Waals surface area contributed by atoms with Crippen LogP contribution in [-0.4, -0.2) is 60.4 Å². The van der Waals surface area contributed by atoms with Crippen LogP contribution >= 0.6 is 0 Å². The summed E-state index contributed by atoms with van der Waals surface area (Å²) in [5.74, 6) is -0.370. The lowest BCUT2D eigenvalue weighted by molar-refractivity contribution is -0.130. The molecule has 0 aromatic rings. The first-order valence-electron chi connectivity index (χ1n) is 5.06. The van der Waals surface area contributed by atoms with Gasteiger partial charge in [0.15, 0.2) is 0 Å². The molecule has 0 atom stereocenters. The van der Waals surface area contributed by atoms with Crippen molar-refractivity contribution in [3.8, 4) is 0 Å². The van der Waals surface area contributed by atoms with E-state index < -0.39 is 11.9 Å². The lowest BCUT2D eigenvalue weighted by Gasteiger charge is -2.33. The molecule has 0 bridgehead atoms. The van der Waals surface area contributed by atoms with Crippen LogP contribution in [0.3, 0.4) is 0 Å². The van der Waals surface area contributed by atoms with Crippen LogP contribution in [0.4, 0.5) is 4.79 Å². The molecule has 0 radical (unpaired) electrons. The van der Waals surface area contributed by atoms with Gasteiger partial charge in [0.1, 0.15) is 0 Å². The molecule has 1 heterocycles. The highest BCUT2D eigenvalue weighted by atomic mass is 16.2. The van der Waals surface area contributed by atoms with Crippen molar-refractivity contribution >= 4 is 17.8 Å². The molecule has 1 saturated heterocycles. The van der Waals surface area contributed by atoms with Gasteiger partial charge >= 0.3 is 6.03 Å². The van der Waals surface area contributed by atoms with Gasteiger partial charge in [-0.25, -0.2) is 4.79 Å². The second kappa shape index (κ2) is 5.45. The fraction of sp³-hybridized carbons (Fsp3) is 0.667. The number of imide groups is 1. The predicted molar refractivity (Wildman–Crippen MR) is 56.4 cm³/mol. The van der Waals surface area contributed by atoms with Crippen molar-refractivity contribution < 1.29 is 14.4 Å². The van der Waals surface area contributed by atoms with Crippen LogP contribution in [0.25, 0.3) is 0 Å². The summed E-state index contributed by atoms with van der Waals surface area (Å²) in [7, 11) is 0. The zero-order chi connectivity index (χ0) is 12.1. The Morgan fingerprint density at radius 1 is 1.19 bits per heavy atom. The molecular formula is C9H16N4O3. The second-order valence-corrected chi connectivity index (χ2v) is 3.69. The van der Waals surface area contributed by atoms with Crippen molar-refractivity contribution in [2.24, 2.45) is 5.73 Å². The number of rotatable bonds is 2. The minimum atomic E-state index is -0.840. The van der Waals surface area contributed by atoms with Crippen LogP contribution in [0.1, 0.15) is 6.92 Å². The van der Waals surface area contributed by atoms with Crippen molar-refractivity contribution in [1.82, 2.24) is 15.1 Å². The molecule has 0 aromatic carbocycles. The van der Waals surface area contributed by atoms with Crippen molar-refractivity contribution in [3.63, 3.8) is 0 Å². The first-order valence-corrected chi connectivity index (χ1v) is 5.06. The summed E-state index contributed by atoms with van der Waals surface area (Å²) in [5, 5.41) is 2.00. The summed E-state index contributed by atoms with van der Waals surface area (Å²) >= 11 is 0. The van der Waals surface area contributed by atoms with Gasteiger partial charge in [0, 0.05) is 33.1 Å². The van der Waals surface area contributed by atoms with E-state index in [0.717, 1.165) is 0 Å². The third kappa shape index (κ3) is 3.85. The monoisotopic (exact) mass is 228 g/mol. The van der Waals surface area contributed by atoms with Crippen molar-refractivity contribution in [3.05, 3.63) is 0 Å². The molecule has 0 saturated carbocycles. The molecule has 1 aliphatic rings. The van der Waals surface area contributed by atoms with E-state index in [-0.39, 0.29) is 12.5 Å². The zero-order valence-corrected chi connectivity index (χ0v) is 9.23. The summed E-state index contributed by atoms with van der Waals surface area (Å²) in [6.07, 6.45) is 0. The van der Waals surface area contributed by atoms with Gasteiger partial charge in [-0.3, -0.25) is 19.8 Å². The van der Waals surface area contributed by atoms with Crippen LogP contribution in [0, 0.1) is 0 Å². The van der Waals surface area contributed by atoms with Gasteiger partial charge in [-0.15, -0.1) is 0 Å². The van der Waals surface area contributed by atoms with E-state index in [9.17, 15) is 14.4 Å². The Balaban J connectivity index is 2.29. The number of amides is 4. The molecule has 16 heavy (non-hydrogen) atoms. The molecule has 1 aliphatic heterocycles. The number of piperazine rings is 1. The van der Waals surface area contributed by atoms with Crippen molar-refractivity contribution in [2.75, 3.05) is 32.7 Å². The van der Waals surface area contributed by atoms with Crippen LogP contribution in [0.2, 0.25) is 0 Å². The number of nitrogens with zero attached hydrogens (tertiary/aromatic N) is 2. The first kappa shape index (κ1) is 12.4. The topological polar surface area (TPSA) is 95.7 Å². The standard InChI is InChI=1S/C9H16N4O3/c1-7(14)13-4-2-12(3-5-13)6-8(15)11-9(10)16/h2-6H2,1H3,(H3,10,11,15,16). The van der Waals surface area contributed by atoms with Crippen molar-refractivity contribution in [1.29, 1.82) is 0 Å². The third-order valence-corrected chi connectivity index (χ3v) is 2.45. The highest BCUT2D eigenvalue weighted by Crippen LogP contribution is 2.01. The minimum absolute atomic E-state index is 0.0428. The SMILES string of the molecule is CC(=O)N1CCN(CC(=O)NC(N)=O)CC1.